The average Bonchev–Trinajstić information content (AvgIpc) is 3.03. The number of rotatable bonds is 6. The van der Waals surface area contributed by atoms with Crippen LogP contribution in [0.5, 0.6) is 0 Å². The molecule has 1 unspecified atom stereocenters. The van der Waals surface area contributed by atoms with Crippen LogP contribution in [0.1, 0.15) is 46.7 Å². The molecule has 0 amide bonds. The van der Waals surface area contributed by atoms with Gasteiger partial charge in [-0.1, -0.05) is 48.0 Å². The molecule has 0 aliphatic carbocycles. The minimum atomic E-state index is 0.370. The predicted molar refractivity (Wildman–Crippen MR) is 119 cm³/mol. The molecule has 1 saturated heterocycles. The SMILES string of the molecule is Cc1ccc2sc(C(CC=O)C3CCN(Cc4ccccc4)CC3)c(C)c2c1. The van der Waals surface area contributed by atoms with E-state index in [1.165, 1.54) is 44.5 Å². The molecule has 1 fully saturated rings. The van der Waals surface area contributed by atoms with Gasteiger partial charge in [0.15, 0.2) is 0 Å². The number of aryl methyl sites for hydroxylation is 2. The Bertz CT molecular complexity index is 938. The summed E-state index contributed by atoms with van der Waals surface area (Å²) in [5.41, 5.74) is 4.09. The van der Waals surface area contributed by atoms with Gasteiger partial charge < -0.3 is 4.79 Å². The number of aldehydes is 1. The van der Waals surface area contributed by atoms with Crippen molar-refractivity contribution in [1.29, 1.82) is 0 Å². The maximum absolute atomic E-state index is 11.5. The van der Waals surface area contributed by atoms with E-state index in [2.05, 4.69) is 67.3 Å². The first kappa shape index (κ1) is 19.4. The summed E-state index contributed by atoms with van der Waals surface area (Å²) in [5.74, 6) is 0.971. The average molecular weight is 392 g/mol. The molecule has 1 aromatic heterocycles. The second kappa shape index (κ2) is 8.59. The molecular weight excluding hydrogens is 362 g/mol. The molecule has 0 saturated carbocycles. The number of benzene rings is 2. The van der Waals surface area contributed by atoms with E-state index in [1.54, 1.807) is 0 Å². The number of likely N-dealkylation sites (tertiary alicyclic amines) is 1. The van der Waals surface area contributed by atoms with E-state index in [4.69, 9.17) is 0 Å². The zero-order valence-corrected chi connectivity index (χ0v) is 17.7. The molecule has 1 aliphatic heterocycles. The van der Waals surface area contributed by atoms with Crippen molar-refractivity contribution in [3.63, 3.8) is 0 Å². The highest BCUT2D eigenvalue weighted by Crippen LogP contribution is 2.43. The summed E-state index contributed by atoms with van der Waals surface area (Å²) in [4.78, 5) is 15.5. The third kappa shape index (κ3) is 4.06. The van der Waals surface area contributed by atoms with Crippen LogP contribution in [0.2, 0.25) is 0 Å². The number of hydrogen-bond acceptors (Lipinski definition) is 3. The summed E-state index contributed by atoms with van der Waals surface area (Å²) in [5, 5.41) is 1.37. The fourth-order valence-electron chi connectivity index (χ4n) is 4.68. The van der Waals surface area contributed by atoms with Gasteiger partial charge in [-0.2, -0.15) is 0 Å². The van der Waals surface area contributed by atoms with Crippen LogP contribution < -0.4 is 0 Å². The zero-order chi connectivity index (χ0) is 19.5. The van der Waals surface area contributed by atoms with E-state index in [1.807, 2.05) is 11.3 Å². The van der Waals surface area contributed by atoms with Gasteiger partial charge in [-0.15, -0.1) is 11.3 Å². The molecule has 1 aliphatic rings. The molecule has 28 heavy (non-hydrogen) atoms. The monoisotopic (exact) mass is 391 g/mol. The van der Waals surface area contributed by atoms with Crippen LogP contribution in [0.3, 0.4) is 0 Å². The first-order valence-corrected chi connectivity index (χ1v) is 11.2. The second-order valence-electron chi connectivity index (χ2n) is 8.20. The van der Waals surface area contributed by atoms with E-state index >= 15 is 0 Å². The standard InChI is InChI=1S/C25H29NOS/c1-18-8-9-24-23(16-18)19(2)25(28-24)22(12-15-27)21-10-13-26(14-11-21)17-20-6-4-3-5-7-20/h3-9,15-16,21-22H,10-14,17H2,1-2H3. The van der Waals surface area contributed by atoms with Gasteiger partial charge in [-0.05, 0) is 68.3 Å². The fraction of sp³-hybridized carbons (Fsp3) is 0.400. The first-order valence-electron chi connectivity index (χ1n) is 10.3. The van der Waals surface area contributed by atoms with Gasteiger partial charge in [-0.3, -0.25) is 4.90 Å². The molecule has 2 aromatic carbocycles. The Morgan fingerprint density at radius 1 is 1.11 bits per heavy atom. The summed E-state index contributed by atoms with van der Waals surface area (Å²) in [6, 6.07) is 17.5. The maximum atomic E-state index is 11.5. The highest BCUT2D eigenvalue weighted by atomic mass is 32.1. The molecule has 3 aromatic rings. The zero-order valence-electron chi connectivity index (χ0n) is 16.9. The van der Waals surface area contributed by atoms with Gasteiger partial charge >= 0.3 is 0 Å². The highest BCUT2D eigenvalue weighted by Gasteiger charge is 2.30. The van der Waals surface area contributed by atoms with Crippen molar-refractivity contribution in [3.8, 4) is 0 Å². The predicted octanol–water partition coefficient (Wildman–Crippen LogP) is 6.10. The van der Waals surface area contributed by atoms with Gasteiger partial charge in [0, 0.05) is 28.5 Å². The lowest BCUT2D eigenvalue weighted by molar-refractivity contribution is -0.108. The summed E-state index contributed by atoms with van der Waals surface area (Å²) < 4.78 is 1.36. The van der Waals surface area contributed by atoms with E-state index < -0.39 is 0 Å². The summed E-state index contributed by atoms with van der Waals surface area (Å²) in [6.45, 7) is 7.68. The Morgan fingerprint density at radius 3 is 2.57 bits per heavy atom. The van der Waals surface area contributed by atoms with Crippen molar-refractivity contribution >= 4 is 27.7 Å². The van der Waals surface area contributed by atoms with Crippen LogP contribution in [-0.4, -0.2) is 24.3 Å². The van der Waals surface area contributed by atoms with Gasteiger partial charge in [0.25, 0.3) is 0 Å². The lowest BCUT2D eigenvalue weighted by Crippen LogP contribution is -2.35. The van der Waals surface area contributed by atoms with Crippen molar-refractivity contribution < 1.29 is 4.79 Å². The van der Waals surface area contributed by atoms with E-state index in [9.17, 15) is 4.79 Å². The van der Waals surface area contributed by atoms with Crippen LogP contribution in [0.4, 0.5) is 0 Å². The molecule has 4 rings (SSSR count). The molecule has 2 heterocycles. The highest BCUT2D eigenvalue weighted by molar-refractivity contribution is 7.19. The van der Waals surface area contributed by atoms with Crippen molar-refractivity contribution in [3.05, 3.63) is 70.1 Å². The molecule has 0 bridgehead atoms. The number of nitrogens with zero attached hydrogens (tertiary/aromatic N) is 1. The number of carbonyl (C=O) groups excluding carboxylic acids is 1. The molecule has 0 radical (unpaired) electrons. The van der Waals surface area contributed by atoms with Gasteiger partial charge in [0.05, 0.1) is 0 Å². The van der Waals surface area contributed by atoms with E-state index in [0.717, 1.165) is 25.9 Å². The van der Waals surface area contributed by atoms with Gasteiger partial charge in [0.2, 0.25) is 0 Å². The van der Waals surface area contributed by atoms with Crippen LogP contribution in [0.25, 0.3) is 10.1 Å². The largest absolute Gasteiger partial charge is 0.303 e. The normalized spacial score (nSPS) is 17.1. The third-order valence-electron chi connectivity index (χ3n) is 6.27. The third-order valence-corrected chi connectivity index (χ3v) is 7.67. The number of carbonyl (C=O) groups is 1. The lowest BCUT2D eigenvalue weighted by atomic mass is 9.80. The molecule has 1 atom stereocenters. The van der Waals surface area contributed by atoms with Gasteiger partial charge in [0.1, 0.15) is 6.29 Å². The van der Waals surface area contributed by atoms with E-state index in [0.29, 0.717) is 18.3 Å². The molecule has 146 valence electrons. The quantitative estimate of drug-likeness (QED) is 0.473. The maximum Gasteiger partial charge on any atom is 0.120 e. The van der Waals surface area contributed by atoms with Crippen LogP contribution in [0, 0.1) is 19.8 Å². The van der Waals surface area contributed by atoms with E-state index in [-0.39, 0.29) is 0 Å². The van der Waals surface area contributed by atoms with Crippen molar-refractivity contribution in [1.82, 2.24) is 4.90 Å². The number of thiophene rings is 1. The second-order valence-corrected chi connectivity index (χ2v) is 9.28. The van der Waals surface area contributed by atoms with Crippen LogP contribution >= 0.6 is 11.3 Å². The Labute approximate surface area is 172 Å². The van der Waals surface area contributed by atoms with Crippen LogP contribution in [0.15, 0.2) is 48.5 Å². The number of piperidine rings is 1. The van der Waals surface area contributed by atoms with Crippen molar-refractivity contribution in [2.45, 2.75) is 45.6 Å². The first-order chi connectivity index (χ1) is 13.7. The van der Waals surface area contributed by atoms with Crippen molar-refractivity contribution in [2.75, 3.05) is 13.1 Å². The Balaban J connectivity index is 1.50. The summed E-state index contributed by atoms with van der Waals surface area (Å²) in [6.07, 6.45) is 4.14. The Hall–Kier alpha value is -1.97. The minimum absolute atomic E-state index is 0.370. The topological polar surface area (TPSA) is 20.3 Å². The fourth-order valence-corrected chi connectivity index (χ4v) is 6.08. The molecule has 0 N–H and O–H groups in total. The molecule has 2 nitrogen and oxygen atoms in total. The minimum Gasteiger partial charge on any atom is -0.303 e. The molecular formula is C25H29NOS. The molecule has 0 spiro atoms. The lowest BCUT2D eigenvalue weighted by Gasteiger charge is -2.35. The van der Waals surface area contributed by atoms with Crippen LogP contribution in [-0.2, 0) is 11.3 Å². The number of fused-ring (bicyclic) bond motifs is 1. The smallest absolute Gasteiger partial charge is 0.120 e. The Kier molecular flexibility index (Phi) is 5.93. The Morgan fingerprint density at radius 2 is 1.86 bits per heavy atom. The number of hydrogen-bond donors (Lipinski definition) is 0. The summed E-state index contributed by atoms with van der Waals surface area (Å²) in [7, 11) is 0. The molecule has 3 heteroatoms. The summed E-state index contributed by atoms with van der Waals surface area (Å²) >= 11 is 1.91. The van der Waals surface area contributed by atoms with Crippen molar-refractivity contribution in [2.24, 2.45) is 5.92 Å². The van der Waals surface area contributed by atoms with Gasteiger partial charge in [-0.25, -0.2) is 0 Å².